The van der Waals surface area contributed by atoms with Crippen LogP contribution >= 0.6 is 0 Å². The lowest BCUT2D eigenvalue weighted by Crippen LogP contribution is -2.35. The summed E-state index contributed by atoms with van der Waals surface area (Å²) in [7, 11) is 0. The highest BCUT2D eigenvalue weighted by Crippen LogP contribution is 2.21. The van der Waals surface area contributed by atoms with E-state index in [-0.39, 0.29) is 13.3 Å². The second-order valence-electron chi connectivity index (χ2n) is 4.71. The first-order valence-corrected chi connectivity index (χ1v) is 7.32. The first-order valence-electron chi connectivity index (χ1n) is 7.32. The highest BCUT2D eigenvalue weighted by Gasteiger charge is 2.14. The SMILES string of the molecule is C.CCC(=O)NNC=O.c1ccc(OC2CCCCC2)nc1. The number of hydrogen-bond donors (Lipinski definition) is 2. The quantitative estimate of drug-likeness (QED) is 0.647. The van der Waals surface area contributed by atoms with E-state index < -0.39 is 0 Å². The zero-order valence-corrected chi connectivity index (χ0v) is 12.4. The maximum atomic E-state index is 10.2. The van der Waals surface area contributed by atoms with Gasteiger partial charge >= 0.3 is 0 Å². The molecule has 0 radical (unpaired) electrons. The highest BCUT2D eigenvalue weighted by molar-refractivity contribution is 5.76. The van der Waals surface area contributed by atoms with Crippen molar-refractivity contribution in [2.45, 2.75) is 59.0 Å². The Morgan fingerprint density at radius 3 is 2.64 bits per heavy atom. The van der Waals surface area contributed by atoms with Crippen LogP contribution in [0.15, 0.2) is 24.4 Å². The minimum Gasteiger partial charge on any atom is -0.474 e. The maximum Gasteiger partial charge on any atom is 0.238 e. The maximum absolute atomic E-state index is 10.2. The van der Waals surface area contributed by atoms with Gasteiger partial charge in [0.15, 0.2) is 0 Å². The molecular weight excluding hydrogens is 282 g/mol. The Bertz CT molecular complexity index is 406. The van der Waals surface area contributed by atoms with Gasteiger partial charge in [0.1, 0.15) is 6.10 Å². The molecule has 1 saturated carbocycles. The van der Waals surface area contributed by atoms with E-state index >= 15 is 0 Å². The summed E-state index contributed by atoms with van der Waals surface area (Å²) in [6, 6.07) is 5.80. The number of hydrazine groups is 1. The number of ether oxygens (including phenoxy) is 1. The van der Waals surface area contributed by atoms with Gasteiger partial charge < -0.3 is 4.74 Å². The van der Waals surface area contributed by atoms with Crippen molar-refractivity contribution < 1.29 is 14.3 Å². The largest absolute Gasteiger partial charge is 0.474 e. The molecular formula is C16H27N3O3. The molecule has 2 N–H and O–H groups in total. The van der Waals surface area contributed by atoms with E-state index in [0.717, 1.165) is 5.88 Å². The van der Waals surface area contributed by atoms with Crippen molar-refractivity contribution >= 4 is 12.3 Å². The second-order valence-corrected chi connectivity index (χ2v) is 4.71. The average molecular weight is 309 g/mol. The Kier molecular flexibility index (Phi) is 11.4. The number of amides is 2. The molecule has 124 valence electrons. The predicted molar refractivity (Wildman–Crippen MR) is 86.1 cm³/mol. The zero-order valence-electron chi connectivity index (χ0n) is 12.4. The van der Waals surface area contributed by atoms with E-state index in [1.807, 2.05) is 23.6 Å². The van der Waals surface area contributed by atoms with Gasteiger partial charge in [-0.3, -0.25) is 20.4 Å². The number of nitrogens with zero attached hydrogens (tertiary/aromatic N) is 1. The number of carbonyl (C=O) groups excluding carboxylic acids is 2. The lowest BCUT2D eigenvalue weighted by atomic mass is 9.98. The fourth-order valence-electron chi connectivity index (χ4n) is 1.97. The third-order valence-electron chi connectivity index (χ3n) is 3.07. The standard InChI is InChI=1S/C11H15NO.C4H8N2O2.CH4/c1-2-6-10(7-3-1)13-11-8-4-5-9-12-11;1-2-4(8)6-5-3-7;/h4-5,8-10H,1-3,6-7H2;3H,2H2,1H3,(H,5,7)(H,6,8);1H4. The molecule has 0 atom stereocenters. The van der Waals surface area contributed by atoms with E-state index in [1.165, 1.54) is 32.1 Å². The van der Waals surface area contributed by atoms with Gasteiger partial charge in [-0.1, -0.05) is 26.8 Å². The zero-order chi connectivity index (χ0) is 15.3. The number of rotatable bonds is 5. The van der Waals surface area contributed by atoms with E-state index in [0.29, 0.717) is 18.9 Å². The Morgan fingerprint density at radius 2 is 2.09 bits per heavy atom. The molecule has 2 amide bonds. The highest BCUT2D eigenvalue weighted by atomic mass is 16.5. The molecule has 22 heavy (non-hydrogen) atoms. The van der Waals surface area contributed by atoms with Crippen LogP contribution in [0.3, 0.4) is 0 Å². The van der Waals surface area contributed by atoms with Gasteiger partial charge in [0, 0.05) is 18.7 Å². The smallest absolute Gasteiger partial charge is 0.238 e. The first-order chi connectivity index (χ1) is 10.3. The predicted octanol–water partition coefficient (Wildman–Crippen LogP) is 2.60. The minimum atomic E-state index is -0.197. The Balaban J connectivity index is 0.000000432. The molecule has 0 aliphatic heterocycles. The van der Waals surface area contributed by atoms with Crippen molar-refractivity contribution in [3.8, 4) is 5.88 Å². The molecule has 6 heteroatoms. The molecule has 0 bridgehead atoms. The van der Waals surface area contributed by atoms with E-state index in [2.05, 4.69) is 10.4 Å². The lowest BCUT2D eigenvalue weighted by Gasteiger charge is -2.22. The van der Waals surface area contributed by atoms with Crippen LogP contribution in [-0.2, 0) is 9.59 Å². The third-order valence-corrected chi connectivity index (χ3v) is 3.07. The number of aromatic nitrogens is 1. The van der Waals surface area contributed by atoms with Crippen LogP contribution in [0.25, 0.3) is 0 Å². The van der Waals surface area contributed by atoms with E-state index in [1.54, 1.807) is 13.1 Å². The van der Waals surface area contributed by atoms with Crippen molar-refractivity contribution in [2.24, 2.45) is 0 Å². The van der Waals surface area contributed by atoms with Gasteiger partial charge in [-0.05, 0) is 31.7 Å². The summed E-state index contributed by atoms with van der Waals surface area (Å²) in [6.07, 6.45) is 9.32. The molecule has 0 aromatic carbocycles. The van der Waals surface area contributed by atoms with E-state index in [4.69, 9.17) is 4.74 Å². The molecule has 1 aromatic rings. The number of nitrogens with one attached hydrogen (secondary N) is 2. The summed E-state index contributed by atoms with van der Waals surface area (Å²) < 4.78 is 5.74. The number of pyridine rings is 1. The van der Waals surface area contributed by atoms with Gasteiger partial charge in [0.05, 0.1) is 0 Å². The summed E-state index contributed by atoms with van der Waals surface area (Å²) in [6.45, 7) is 1.70. The van der Waals surface area contributed by atoms with Crippen molar-refractivity contribution in [2.75, 3.05) is 0 Å². The Labute approximate surface area is 132 Å². The van der Waals surface area contributed by atoms with Crippen molar-refractivity contribution in [3.63, 3.8) is 0 Å². The molecule has 6 nitrogen and oxygen atoms in total. The van der Waals surface area contributed by atoms with Gasteiger partial charge in [-0.25, -0.2) is 4.98 Å². The van der Waals surface area contributed by atoms with Crippen molar-refractivity contribution in [3.05, 3.63) is 24.4 Å². The van der Waals surface area contributed by atoms with Gasteiger partial charge in [0.25, 0.3) is 0 Å². The molecule has 1 aliphatic rings. The minimum absolute atomic E-state index is 0. The summed E-state index contributed by atoms with van der Waals surface area (Å²) in [5, 5.41) is 0. The van der Waals surface area contributed by atoms with Crippen LogP contribution in [0.1, 0.15) is 52.9 Å². The average Bonchev–Trinajstić information content (AvgIpc) is 2.55. The fraction of sp³-hybridized carbons (Fsp3) is 0.562. The molecule has 1 heterocycles. The van der Waals surface area contributed by atoms with Crippen LogP contribution in [0, 0.1) is 0 Å². The van der Waals surface area contributed by atoms with Crippen LogP contribution in [0.5, 0.6) is 5.88 Å². The van der Waals surface area contributed by atoms with Gasteiger partial charge in [0.2, 0.25) is 18.2 Å². The summed E-state index contributed by atoms with van der Waals surface area (Å²) in [5.74, 6) is 0.575. The van der Waals surface area contributed by atoms with Crippen molar-refractivity contribution in [1.82, 2.24) is 15.8 Å². The first kappa shape index (κ1) is 19.9. The topological polar surface area (TPSA) is 80.3 Å². The summed E-state index contributed by atoms with van der Waals surface area (Å²) in [5.41, 5.74) is 4.14. The summed E-state index contributed by atoms with van der Waals surface area (Å²) >= 11 is 0. The molecule has 1 fully saturated rings. The van der Waals surface area contributed by atoms with E-state index in [9.17, 15) is 9.59 Å². The normalized spacial score (nSPS) is 13.7. The number of hydrogen-bond acceptors (Lipinski definition) is 4. The Hall–Kier alpha value is -2.11. The second kappa shape index (κ2) is 12.6. The molecule has 2 rings (SSSR count). The molecule has 1 aliphatic carbocycles. The van der Waals surface area contributed by atoms with Crippen LogP contribution < -0.4 is 15.6 Å². The van der Waals surface area contributed by atoms with Gasteiger partial charge in [-0.2, -0.15) is 0 Å². The lowest BCUT2D eigenvalue weighted by molar-refractivity contribution is -0.124. The number of carbonyl (C=O) groups is 2. The van der Waals surface area contributed by atoms with Crippen LogP contribution in [0.4, 0.5) is 0 Å². The van der Waals surface area contributed by atoms with Crippen molar-refractivity contribution in [1.29, 1.82) is 0 Å². The van der Waals surface area contributed by atoms with Gasteiger partial charge in [-0.15, -0.1) is 0 Å². The van der Waals surface area contributed by atoms with Crippen LogP contribution in [0.2, 0.25) is 0 Å². The molecule has 0 spiro atoms. The van der Waals surface area contributed by atoms with Crippen LogP contribution in [-0.4, -0.2) is 23.4 Å². The monoisotopic (exact) mass is 309 g/mol. The molecule has 0 unspecified atom stereocenters. The Morgan fingerprint density at radius 1 is 1.36 bits per heavy atom. The fourth-order valence-corrected chi connectivity index (χ4v) is 1.97. The third kappa shape index (κ3) is 8.94. The molecule has 0 saturated heterocycles. The summed E-state index contributed by atoms with van der Waals surface area (Å²) in [4.78, 5) is 23.9. The molecule has 1 aromatic heterocycles.